The minimum absolute atomic E-state index is 0.0597. The number of nitrogens with one attached hydrogen (secondary N) is 1. The largest absolute Gasteiger partial charge is 0.322 e. The van der Waals surface area contributed by atoms with Gasteiger partial charge in [-0.25, -0.2) is 4.79 Å². The number of carbonyl (C=O) groups is 1. The van der Waals surface area contributed by atoms with Crippen LogP contribution in [-0.4, -0.2) is 17.0 Å². The molecule has 0 saturated heterocycles. The van der Waals surface area contributed by atoms with E-state index in [1.807, 2.05) is 35.2 Å². The first kappa shape index (κ1) is 15.9. The summed E-state index contributed by atoms with van der Waals surface area (Å²) in [6, 6.07) is 17.5. The maximum atomic E-state index is 12.8. The maximum Gasteiger partial charge on any atom is 0.322 e. The number of anilines is 1. The van der Waals surface area contributed by atoms with Gasteiger partial charge >= 0.3 is 6.03 Å². The summed E-state index contributed by atoms with van der Waals surface area (Å²) in [5.41, 5.74) is 1.91. The van der Waals surface area contributed by atoms with Crippen molar-refractivity contribution in [3.63, 3.8) is 0 Å². The van der Waals surface area contributed by atoms with Crippen LogP contribution in [0.4, 0.5) is 10.5 Å². The van der Waals surface area contributed by atoms with Crippen molar-refractivity contribution in [1.82, 2.24) is 4.90 Å². The number of urea groups is 1. The Hall–Kier alpha value is -2.00. The molecule has 0 spiro atoms. The van der Waals surface area contributed by atoms with Crippen molar-refractivity contribution in [3.05, 3.63) is 65.2 Å². The van der Waals surface area contributed by atoms with Gasteiger partial charge in [0, 0.05) is 23.3 Å². The third-order valence-electron chi connectivity index (χ3n) is 4.35. The second kappa shape index (κ2) is 7.05. The summed E-state index contributed by atoms with van der Waals surface area (Å²) in [6.07, 6.45) is 2.42. The van der Waals surface area contributed by atoms with Crippen LogP contribution < -0.4 is 5.32 Å². The Morgan fingerprint density at radius 2 is 1.83 bits per heavy atom. The van der Waals surface area contributed by atoms with Crippen LogP contribution in [-0.2, 0) is 6.54 Å². The molecular formula is C19H21ClN2O. The summed E-state index contributed by atoms with van der Waals surface area (Å²) in [6.45, 7) is 2.76. The molecule has 1 N–H and O–H groups in total. The number of nitrogens with zero attached hydrogens (tertiary/aromatic N) is 1. The van der Waals surface area contributed by atoms with Crippen molar-refractivity contribution in [2.45, 2.75) is 32.4 Å². The zero-order valence-electron chi connectivity index (χ0n) is 13.2. The average Bonchev–Trinajstić information content (AvgIpc) is 3.40. The van der Waals surface area contributed by atoms with Gasteiger partial charge in [-0.2, -0.15) is 0 Å². The Labute approximate surface area is 142 Å². The van der Waals surface area contributed by atoms with Gasteiger partial charge in [-0.05, 0) is 55.5 Å². The van der Waals surface area contributed by atoms with E-state index in [1.165, 1.54) is 12.8 Å². The molecule has 0 bridgehead atoms. The van der Waals surface area contributed by atoms with Gasteiger partial charge in [0.05, 0.1) is 0 Å². The van der Waals surface area contributed by atoms with E-state index in [4.69, 9.17) is 11.6 Å². The van der Waals surface area contributed by atoms with Crippen molar-refractivity contribution in [2.24, 2.45) is 5.92 Å². The molecule has 2 amide bonds. The van der Waals surface area contributed by atoms with E-state index in [9.17, 15) is 4.79 Å². The lowest BCUT2D eigenvalue weighted by Crippen LogP contribution is -2.42. The lowest BCUT2D eigenvalue weighted by Gasteiger charge is -2.29. The monoisotopic (exact) mass is 328 g/mol. The Balaban J connectivity index is 1.73. The topological polar surface area (TPSA) is 32.3 Å². The second-order valence-electron chi connectivity index (χ2n) is 6.13. The first-order valence-electron chi connectivity index (χ1n) is 8.00. The zero-order valence-corrected chi connectivity index (χ0v) is 14.0. The lowest BCUT2D eigenvalue weighted by molar-refractivity contribution is 0.181. The van der Waals surface area contributed by atoms with E-state index in [-0.39, 0.29) is 12.1 Å². The molecule has 0 aromatic heterocycles. The molecule has 1 atom stereocenters. The van der Waals surface area contributed by atoms with E-state index in [0.29, 0.717) is 17.5 Å². The fourth-order valence-corrected chi connectivity index (χ4v) is 2.87. The number of benzene rings is 2. The standard InChI is InChI=1S/C19H21ClN2O/c1-14(16-7-8-16)22(13-15-5-3-2-4-6-15)19(23)21-18-11-9-17(20)10-12-18/h2-6,9-12,14,16H,7-8,13H2,1H3,(H,21,23)/t14-/m0/s1. The van der Waals surface area contributed by atoms with Crippen LogP contribution >= 0.6 is 11.6 Å². The molecule has 23 heavy (non-hydrogen) atoms. The van der Waals surface area contributed by atoms with E-state index in [1.54, 1.807) is 12.1 Å². The highest BCUT2D eigenvalue weighted by Crippen LogP contribution is 2.36. The minimum atomic E-state index is -0.0597. The molecule has 0 heterocycles. The van der Waals surface area contributed by atoms with Gasteiger partial charge in [0.1, 0.15) is 0 Å². The number of amides is 2. The number of hydrogen-bond donors (Lipinski definition) is 1. The summed E-state index contributed by atoms with van der Waals surface area (Å²) in [7, 11) is 0. The molecule has 2 aromatic carbocycles. The Bertz CT molecular complexity index is 653. The molecule has 0 unspecified atom stereocenters. The molecule has 3 nitrogen and oxygen atoms in total. The van der Waals surface area contributed by atoms with Crippen molar-refractivity contribution >= 4 is 23.3 Å². The summed E-state index contributed by atoms with van der Waals surface area (Å²) < 4.78 is 0. The maximum absolute atomic E-state index is 12.8. The molecule has 1 aliphatic carbocycles. The Morgan fingerprint density at radius 3 is 2.43 bits per heavy atom. The van der Waals surface area contributed by atoms with Crippen LogP contribution in [0.25, 0.3) is 0 Å². The predicted molar refractivity (Wildman–Crippen MR) is 94.6 cm³/mol. The Kier molecular flexibility index (Phi) is 4.87. The van der Waals surface area contributed by atoms with E-state index in [2.05, 4.69) is 24.4 Å². The van der Waals surface area contributed by atoms with Crippen molar-refractivity contribution in [2.75, 3.05) is 5.32 Å². The molecular weight excluding hydrogens is 308 g/mol. The highest BCUT2D eigenvalue weighted by Gasteiger charge is 2.34. The number of halogens is 1. The van der Waals surface area contributed by atoms with E-state index >= 15 is 0 Å². The molecule has 2 aromatic rings. The SMILES string of the molecule is C[C@@H](C1CC1)N(Cc1ccccc1)C(=O)Nc1ccc(Cl)cc1. The second-order valence-corrected chi connectivity index (χ2v) is 6.57. The fourth-order valence-electron chi connectivity index (χ4n) is 2.74. The molecule has 1 saturated carbocycles. The Morgan fingerprint density at radius 1 is 1.17 bits per heavy atom. The normalized spacial score (nSPS) is 15.0. The van der Waals surface area contributed by atoms with Crippen molar-refractivity contribution in [1.29, 1.82) is 0 Å². The van der Waals surface area contributed by atoms with Crippen molar-refractivity contribution in [3.8, 4) is 0 Å². The summed E-state index contributed by atoms with van der Waals surface area (Å²) in [5, 5.41) is 3.64. The molecule has 1 aliphatic rings. The first-order chi connectivity index (χ1) is 11.1. The third kappa shape index (κ3) is 4.26. The van der Waals surface area contributed by atoms with Gasteiger partial charge < -0.3 is 10.2 Å². The van der Waals surface area contributed by atoms with Crippen LogP contribution in [0.1, 0.15) is 25.3 Å². The molecule has 0 aliphatic heterocycles. The summed E-state index contributed by atoms with van der Waals surface area (Å²) >= 11 is 5.90. The van der Waals surface area contributed by atoms with Gasteiger partial charge in [-0.1, -0.05) is 41.9 Å². The van der Waals surface area contributed by atoms with Crippen LogP contribution in [0.5, 0.6) is 0 Å². The molecule has 0 radical (unpaired) electrons. The van der Waals surface area contributed by atoms with Crippen LogP contribution in [0.3, 0.4) is 0 Å². The fraction of sp³-hybridized carbons (Fsp3) is 0.316. The predicted octanol–water partition coefficient (Wildman–Crippen LogP) is 5.17. The quantitative estimate of drug-likeness (QED) is 0.806. The smallest absolute Gasteiger partial charge is 0.317 e. The molecule has 120 valence electrons. The lowest BCUT2D eigenvalue weighted by atomic mass is 10.1. The van der Waals surface area contributed by atoms with Gasteiger partial charge in [-0.3, -0.25) is 0 Å². The number of hydrogen-bond acceptors (Lipinski definition) is 1. The molecule has 1 fully saturated rings. The summed E-state index contributed by atoms with van der Waals surface area (Å²) in [5.74, 6) is 0.620. The van der Waals surface area contributed by atoms with Gasteiger partial charge in [0.2, 0.25) is 0 Å². The average molecular weight is 329 g/mol. The van der Waals surface area contributed by atoms with Crippen LogP contribution in [0.2, 0.25) is 5.02 Å². The van der Waals surface area contributed by atoms with Crippen LogP contribution in [0.15, 0.2) is 54.6 Å². The van der Waals surface area contributed by atoms with E-state index < -0.39 is 0 Å². The number of carbonyl (C=O) groups excluding carboxylic acids is 1. The molecule has 3 rings (SSSR count). The number of rotatable bonds is 5. The van der Waals surface area contributed by atoms with Gasteiger partial charge in [-0.15, -0.1) is 0 Å². The third-order valence-corrected chi connectivity index (χ3v) is 4.60. The van der Waals surface area contributed by atoms with E-state index in [0.717, 1.165) is 11.3 Å². The molecule has 4 heteroatoms. The zero-order chi connectivity index (χ0) is 16.2. The van der Waals surface area contributed by atoms with Gasteiger partial charge in [0.15, 0.2) is 0 Å². The van der Waals surface area contributed by atoms with Gasteiger partial charge in [0.25, 0.3) is 0 Å². The van der Waals surface area contributed by atoms with Crippen LogP contribution in [0, 0.1) is 5.92 Å². The summed E-state index contributed by atoms with van der Waals surface area (Å²) in [4.78, 5) is 14.7. The minimum Gasteiger partial charge on any atom is -0.317 e. The first-order valence-corrected chi connectivity index (χ1v) is 8.38. The van der Waals surface area contributed by atoms with Crippen molar-refractivity contribution < 1.29 is 4.79 Å². The highest BCUT2D eigenvalue weighted by atomic mass is 35.5. The highest BCUT2D eigenvalue weighted by molar-refractivity contribution is 6.30.